The van der Waals surface area contributed by atoms with Crippen LogP contribution in [0.1, 0.15) is 5.56 Å². The van der Waals surface area contributed by atoms with E-state index >= 15 is 0 Å². The van der Waals surface area contributed by atoms with Crippen LogP contribution in [0, 0.1) is 5.92 Å². The van der Waals surface area contributed by atoms with Crippen molar-refractivity contribution in [2.75, 3.05) is 39.8 Å². The van der Waals surface area contributed by atoms with Crippen molar-refractivity contribution in [3.8, 4) is 0 Å². The molecule has 1 atom stereocenters. The summed E-state index contributed by atoms with van der Waals surface area (Å²) in [6, 6.07) is 10.4. The van der Waals surface area contributed by atoms with Gasteiger partial charge in [0, 0.05) is 32.1 Å². The van der Waals surface area contributed by atoms with Gasteiger partial charge in [0.05, 0.1) is 13.2 Å². The van der Waals surface area contributed by atoms with Crippen LogP contribution in [0.3, 0.4) is 0 Å². The molecule has 1 N–H and O–H groups in total. The number of likely N-dealkylation sites (N-methyl/N-ethyl adjacent to an activating group) is 1. The maximum absolute atomic E-state index is 5.80. The van der Waals surface area contributed by atoms with Gasteiger partial charge in [-0.15, -0.1) is 0 Å². The summed E-state index contributed by atoms with van der Waals surface area (Å²) in [6.45, 7) is 5.98. The van der Waals surface area contributed by atoms with Gasteiger partial charge in [-0.3, -0.25) is 0 Å². The summed E-state index contributed by atoms with van der Waals surface area (Å²) in [6.07, 6.45) is 0. The quantitative estimate of drug-likeness (QED) is 0.851. The first-order chi connectivity index (χ1) is 8.34. The molecule has 3 heteroatoms. The van der Waals surface area contributed by atoms with Crippen LogP contribution >= 0.6 is 0 Å². The number of rotatable bonds is 4. The van der Waals surface area contributed by atoms with Crippen LogP contribution in [0.25, 0.3) is 0 Å². The molecule has 1 aromatic carbocycles. The molecule has 1 aliphatic heterocycles. The zero-order valence-corrected chi connectivity index (χ0v) is 10.6. The summed E-state index contributed by atoms with van der Waals surface area (Å²) in [5.41, 5.74) is 1.25. The number of nitrogens with one attached hydrogen (secondary N) is 1. The molecule has 0 unspecified atom stereocenters. The van der Waals surface area contributed by atoms with Gasteiger partial charge < -0.3 is 15.0 Å². The van der Waals surface area contributed by atoms with E-state index in [0.29, 0.717) is 5.92 Å². The highest BCUT2D eigenvalue weighted by molar-refractivity contribution is 5.13. The minimum absolute atomic E-state index is 0.603. The Kier molecular flexibility index (Phi) is 4.98. The molecule has 3 nitrogen and oxygen atoms in total. The number of hydrogen-bond donors (Lipinski definition) is 1. The van der Waals surface area contributed by atoms with Crippen molar-refractivity contribution in [2.24, 2.45) is 5.92 Å². The minimum atomic E-state index is 0.603. The van der Waals surface area contributed by atoms with E-state index in [2.05, 4.69) is 41.5 Å². The summed E-state index contributed by atoms with van der Waals surface area (Å²) in [5, 5.41) is 3.45. The lowest BCUT2D eigenvalue weighted by Crippen LogP contribution is -2.29. The van der Waals surface area contributed by atoms with Crippen LogP contribution in [-0.4, -0.2) is 44.7 Å². The van der Waals surface area contributed by atoms with Crippen LogP contribution in [0.15, 0.2) is 30.3 Å². The molecular formula is C14H22N2O. The number of nitrogens with zero attached hydrogens (tertiary/aromatic N) is 1. The number of hydrogen-bond acceptors (Lipinski definition) is 3. The normalized spacial score (nSPS) is 22.3. The lowest BCUT2D eigenvalue weighted by Gasteiger charge is -2.19. The van der Waals surface area contributed by atoms with Gasteiger partial charge in [-0.05, 0) is 12.6 Å². The fraction of sp³-hybridized carbons (Fsp3) is 0.571. The molecule has 0 spiro atoms. The molecule has 0 saturated carbocycles. The topological polar surface area (TPSA) is 24.5 Å². The molecule has 1 aliphatic rings. The lowest BCUT2D eigenvalue weighted by molar-refractivity contribution is 0.0797. The van der Waals surface area contributed by atoms with E-state index in [0.717, 1.165) is 39.4 Å². The molecule has 0 amide bonds. The molecule has 94 valence electrons. The molecule has 0 bridgehead atoms. The van der Waals surface area contributed by atoms with Crippen LogP contribution in [-0.2, 0) is 11.3 Å². The number of ether oxygens (including phenoxy) is 1. The Labute approximate surface area is 104 Å². The lowest BCUT2D eigenvalue weighted by atomic mass is 10.1. The summed E-state index contributed by atoms with van der Waals surface area (Å²) in [5.74, 6) is 0.603. The molecule has 1 fully saturated rings. The largest absolute Gasteiger partial charge is 0.376 e. The van der Waals surface area contributed by atoms with Crippen molar-refractivity contribution in [1.82, 2.24) is 10.2 Å². The zero-order valence-electron chi connectivity index (χ0n) is 10.6. The summed E-state index contributed by atoms with van der Waals surface area (Å²) in [4.78, 5) is 2.37. The zero-order chi connectivity index (χ0) is 11.9. The van der Waals surface area contributed by atoms with Crippen molar-refractivity contribution in [2.45, 2.75) is 6.61 Å². The van der Waals surface area contributed by atoms with Gasteiger partial charge in [-0.2, -0.15) is 0 Å². The molecule has 17 heavy (non-hydrogen) atoms. The number of benzene rings is 1. The Hall–Kier alpha value is -0.900. The van der Waals surface area contributed by atoms with Crippen molar-refractivity contribution >= 4 is 0 Å². The van der Waals surface area contributed by atoms with Crippen molar-refractivity contribution < 1.29 is 4.74 Å². The molecule has 0 aromatic heterocycles. The third-order valence-corrected chi connectivity index (χ3v) is 3.14. The second-order valence-corrected chi connectivity index (χ2v) is 4.83. The maximum atomic E-state index is 5.80. The van der Waals surface area contributed by atoms with E-state index in [1.807, 2.05) is 6.07 Å². The Bertz CT molecular complexity index is 315. The Morgan fingerprint density at radius 1 is 1.35 bits per heavy atom. The van der Waals surface area contributed by atoms with Crippen molar-refractivity contribution in [3.63, 3.8) is 0 Å². The van der Waals surface area contributed by atoms with E-state index in [-0.39, 0.29) is 0 Å². The summed E-state index contributed by atoms with van der Waals surface area (Å²) < 4.78 is 5.80. The Balaban J connectivity index is 1.70. The SMILES string of the molecule is CN1CCNC[C@H](COCc2ccccc2)C1. The van der Waals surface area contributed by atoms with Gasteiger partial charge in [0.1, 0.15) is 0 Å². The van der Waals surface area contributed by atoms with E-state index in [1.165, 1.54) is 5.56 Å². The van der Waals surface area contributed by atoms with E-state index < -0.39 is 0 Å². The average Bonchev–Trinajstić information content (AvgIpc) is 2.55. The maximum Gasteiger partial charge on any atom is 0.0717 e. The van der Waals surface area contributed by atoms with E-state index in [9.17, 15) is 0 Å². The first kappa shape index (κ1) is 12.6. The highest BCUT2D eigenvalue weighted by atomic mass is 16.5. The second kappa shape index (κ2) is 6.74. The van der Waals surface area contributed by atoms with Crippen molar-refractivity contribution in [1.29, 1.82) is 0 Å². The molecular weight excluding hydrogens is 212 g/mol. The van der Waals surface area contributed by atoms with E-state index in [1.54, 1.807) is 0 Å². The van der Waals surface area contributed by atoms with Gasteiger partial charge in [0.2, 0.25) is 0 Å². The van der Waals surface area contributed by atoms with Gasteiger partial charge in [-0.1, -0.05) is 30.3 Å². The first-order valence-corrected chi connectivity index (χ1v) is 6.35. The monoisotopic (exact) mass is 234 g/mol. The molecule has 2 rings (SSSR count). The van der Waals surface area contributed by atoms with Crippen LogP contribution in [0.4, 0.5) is 0 Å². The predicted molar refractivity (Wildman–Crippen MR) is 70.0 cm³/mol. The molecule has 0 aliphatic carbocycles. The van der Waals surface area contributed by atoms with E-state index in [4.69, 9.17) is 4.74 Å². The Morgan fingerprint density at radius 3 is 3.00 bits per heavy atom. The standard InChI is InChI=1S/C14H22N2O/c1-16-8-7-15-9-14(10-16)12-17-11-13-5-3-2-4-6-13/h2-6,14-15H,7-12H2,1H3/t14-/m0/s1. The second-order valence-electron chi connectivity index (χ2n) is 4.83. The average molecular weight is 234 g/mol. The summed E-state index contributed by atoms with van der Waals surface area (Å²) in [7, 11) is 2.18. The van der Waals surface area contributed by atoms with Crippen LogP contribution < -0.4 is 5.32 Å². The molecule has 1 heterocycles. The van der Waals surface area contributed by atoms with Crippen LogP contribution in [0.2, 0.25) is 0 Å². The highest BCUT2D eigenvalue weighted by Gasteiger charge is 2.15. The van der Waals surface area contributed by atoms with Gasteiger partial charge in [-0.25, -0.2) is 0 Å². The minimum Gasteiger partial charge on any atom is -0.376 e. The van der Waals surface area contributed by atoms with Gasteiger partial charge in [0.15, 0.2) is 0 Å². The Morgan fingerprint density at radius 2 is 2.18 bits per heavy atom. The molecule has 1 aromatic rings. The van der Waals surface area contributed by atoms with Gasteiger partial charge >= 0.3 is 0 Å². The third-order valence-electron chi connectivity index (χ3n) is 3.14. The van der Waals surface area contributed by atoms with Crippen LogP contribution in [0.5, 0.6) is 0 Å². The first-order valence-electron chi connectivity index (χ1n) is 6.35. The highest BCUT2D eigenvalue weighted by Crippen LogP contribution is 2.06. The smallest absolute Gasteiger partial charge is 0.0717 e. The summed E-state index contributed by atoms with van der Waals surface area (Å²) >= 11 is 0. The fourth-order valence-electron chi connectivity index (χ4n) is 2.20. The molecule has 1 saturated heterocycles. The fourth-order valence-corrected chi connectivity index (χ4v) is 2.20. The van der Waals surface area contributed by atoms with Crippen molar-refractivity contribution in [3.05, 3.63) is 35.9 Å². The molecule has 0 radical (unpaired) electrons. The third kappa shape index (κ3) is 4.46. The van der Waals surface area contributed by atoms with Gasteiger partial charge in [0.25, 0.3) is 0 Å². The predicted octanol–water partition coefficient (Wildman–Crippen LogP) is 1.35.